The van der Waals surface area contributed by atoms with Crippen LogP contribution >= 0.6 is 0 Å². The SMILES string of the molecule is O=C(NC1CCCN(Cc2ccccc2F)C1)c1conc1-c1ccccc1. The fraction of sp³-hybridized carbons (Fsp3) is 0.273. The third-order valence-corrected chi connectivity index (χ3v) is 5.05. The Kier molecular flexibility index (Phi) is 5.48. The lowest BCUT2D eigenvalue weighted by Gasteiger charge is -2.33. The Morgan fingerprint density at radius 1 is 1.18 bits per heavy atom. The number of hydrogen-bond donors (Lipinski definition) is 1. The molecule has 2 aromatic carbocycles. The van der Waals surface area contributed by atoms with E-state index in [-0.39, 0.29) is 17.8 Å². The molecular formula is C22H22FN3O2. The molecule has 28 heavy (non-hydrogen) atoms. The van der Waals surface area contributed by atoms with Crippen LogP contribution in [0.5, 0.6) is 0 Å². The van der Waals surface area contributed by atoms with Crippen molar-refractivity contribution in [1.82, 2.24) is 15.4 Å². The number of hydrogen-bond acceptors (Lipinski definition) is 4. The van der Waals surface area contributed by atoms with E-state index in [1.165, 1.54) is 12.3 Å². The average molecular weight is 379 g/mol. The number of carbonyl (C=O) groups is 1. The van der Waals surface area contributed by atoms with E-state index in [4.69, 9.17) is 4.52 Å². The first kappa shape index (κ1) is 18.4. The van der Waals surface area contributed by atoms with Gasteiger partial charge in [-0.05, 0) is 25.5 Å². The lowest BCUT2D eigenvalue weighted by atomic mass is 10.0. The first-order valence-electron chi connectivity index (χ1n) is 9.47. The molecule has 1 aromatic heterocycles. The number of carbonyl (C=O) groups excluding carboxylic acids is 1. The molecule has 0 saturated carbocycles. The summed E-state index contributed by atoms with van der Waals surface area (Å²) >= 11 is 0. The van der Waals surface area contributed by atoms with E-state index < -0.39 is 0 Å². The molecule has 2 heterocycles. The predicted molar refractivity (Wildman–Crippen MR) is 104 cm³/mol. The number of nitrogens with zero attached hydrogens (tertiary/aromatic N) is 2. The van der Waals surface area contributed by atoms with E-state index in [0.29, 0.717) is 29.9 Å². The Balaban J connectivity index is 1.41. The summed E-state index contributed by atoms with van der Waals surface area (Å²) in [6, 6.07) is 16.3. The molecule has 1 aliphatic rings. The van der Waals surface area contributed by atoms with Gasteiger partial charge in [0, 0.05) is 30.3 Å². The number of piperidine rings is 1. The fourth-order valence-corrected chi connectivity index (χ4v) is 3.65. The molecular weight excluding hydrogens is 357 g/mol. The van der Waals surface area contributed by atoms with Gasteiger partial charge in [0.05, 0.1) is 0 Å². The van der Waals surface area contributed by atoms with Crippen LogP contribution in [0, 0.1) is 5.82 Å². The number of likely N-dealkylation sites (tertiary alicyclic amines) is 1. The van der Waals surface area contributed by atoms with Gasteiger partial charge < -0.3 is 9.84 Å². The van der Waals surface area contributed by atoms with E-state index in [2.05, 4.69) is 15.4 Å². The Hall–Kier alpha value is -2.99. The summed E-state index contributed by atoms with van der Waals surface area (Å²) in [6.45, 7) is 2.12. The van der Waals surface area contributed by atoms with Crippen LogP contribution in [0.4, 0.5) is 4.39 Å². The fourth-order valence-electron chi connectivity index (χ4n) is 3.65. The largest absolute Gasteiger partial charge is 0.363 e. The molecule has 1 N–H and O–H groups in total. The van der Waals surface area contributed by atoms with Gasteiger partial charge in [0.1, 0.15) is 23.3 Å². The zero-order valence-corrected chi connectivity index (χ0v) is 15.5. The van der Waals surface area contributed by atoms with Crippen molar-refractivity contribution in [2.45, 2.75) is 25.4 Å². The molecule has 5 nitrogen and oxygen atoms in total. The van der Waals surface area contributed by atoms with Crippen LogP contribution in [-0.2, 0) is 6.54 Å². The number of halogens is 1. The monoisotopic (exact) mass is 379 g/mol. The van der Waals surface area contributed by atoms with Gasteiger partial charge >= 0.3 is 0 Å². The molecule has 4 rings (SSSR count). The highest BCUT2D eigenvalue weighted by atomic mass is 19.1. The summed E-state index contributed by atoms with van der Waals surface area (Å²) in [6.07, 6.45) is 3.23. The Bertz CT molecular complexity index is 942. The van der Waals surface area contributed by atoms with Crippen molar-refractivity contribution in [3.05, 3.63) is 77.8 Å². The molecule has 1 unspecified atom stereocenters. The molecule has 1 fully saturated rings. The number of rotatable bonds is 5. The first-order valence-corrected chi connectivity index (χ1v) is 9.47. The summed E-state index contributed by atoms with van der Waals surface area (Å²) in [7, 11) is 0. The van der Waals surface area contributed by atoms with Gasteiger partial charge in [-0.25, -0.2) is 4.39 Å². The minimum Gasteiger partial charge on any atom is -0.363 e. The van der Waals surface area contributed by atoms with Gasteiger partial charge in [-0.15, -0.1) is 0 Å². The van der Waals surface area contributed by atoms with Crippen LogP contribution in [0.15, 0.2) is 65.4 Å². The lowest BCUT2D eigenvalue weighted by Crippen LogP contribution is -2.47. The quantitative estimate of drug-likeness (QED) is 0.731. The number of aromatic nitrogens is 1. The van der Waals surface area contributed by atoms with Crippen molar-refractivity contribution in [1.29, 1.82) is 0 Å². The summed E-state index contributed by atoms with van der Waals surface area (Å²) in [5.41, 5.74) is 2.49. The van der Waals surface area contributed by atoms with Crippen molar-refractivity contribution >= 4 is 5.91 Å². The third-order valence-electron chi connectivity index (χ3n) is 5.05. The van der Waals surface area contributed by atoms with E-state index in [0.717, 1.165) is 24.9 Å². The van der Waals surface area contributed by atoms with Gasteiger partial charge in [-0.2, -0.15) is 0 Å². The molecule has 0 aliphatic carbocycles. The highest BCUT2D eigenvalue weighted by molar-refractivity contribution is 5.99. The Morgan fingerprint density at radius 2 is 1.96 bits per heavy atom. The first-order chi connectivity index (χ1) is 13.7. The molecule has 1 aliphatic heterocycles. The summed E-state index contributed by atoms with van der Waals surface area (Å²) in [5, 5.41) is 7.08. The summed E-state index contributed by atoms with van der Waals surface area (Å²) in [4.78, 5) is 15.0. The van der Waals surface area contributed by atoms with Crippen LogP contribution in [-0.4, -0.2) is 35.1 Å². The summed E-state index contributed by atoms with van der Waals surface area (Å²) in [5.74, 6) is -0.386. The highest BCUT2D eigenvalue weighted by Gasteiger charge is 2.25. The van der Waals surface area contributed by atoms with Crippen LogP contribution < -0.4 is 5.32 Å². The molecule has 0 bridgehead atoms. The van der Waals surface area contributed by atoms with Crippen molar-refractivity contribution < 1.29 is 13.7 Å². The minimum atomic E-state index is -0.196. The zero-order valence-electron chi connectivity index (χ0n) is 15.5. The van der Waals surface area contributed by atoms with Gasteiger partial charge in [-0.3, -0.25) is 9.69 Å². The van der Waals surface area contributed by atoms with Crippen LogP contribution in [0.3, 0.4) is 0 Å². The predicted octanol–water partition coefficient (Wildman–Crippen LogP) is 3.88. The Morgan fingerprint density at radius 3 is 2.79 bits per heavy atom. The summed E-state index contributed by atoms with van der Waals surface area (Å²) < 4.78 is 19.0. The molecule has 0 spiro atoms. The van der Waals surface area contributed by atoms with Gasteiger partial charge in [-0.1, -0.05) is 53.7 Å². The number of nitrogens with one attached hydrogen (secondary N) is 1. The molecule has 1 atom stereocenters. The van der Waals surface area contributed by atoms with Crippen molar-refractivity contribution in [3.8, 4) is 11.3 Å². The average Bonchev–Trinajstić information content (AvgIpc) is 3.21. The molecule has 1 saturated heterocycles. The number of benzene rings is 2. The maximum absolute atomic E-state index is 13.9. The second kappa shape index (κ2) is 8.35. The second-order valence-corrected chi connectivity index (χ2v) is 7.08. The van der Waals surface area contributed by atoms with Gasteiger partial charge in [0.2, 0.25) is 0 Å². The Labute approximate surface area is 163 Å². The van der Waals surface area contributed by atoms with Crippen LogP contribution in [0.1, 0.15) is 28.8 Å². The van der Waals surface area contributed by atoms with Crippen molar-refractivity contribution in [2.75, 3.05) is 13.1 Å². The standard InChI is InChI=1S/C22H22FN3O2/c23-20-11-5-4-9-17(20)13-26-12-6-10-18(14-26)24-22(27)19-15-28-25-21(19)16-7-2-1-3-8-16/h1-5,7-9,11,15,18H,6,10,12-14H2,(H,24,27). The maximum Gasteiger partial charge on any atom is 0.257 e. The van der Waals surface area contributed by atoms with E-state index in [1.807, 2.05) is 36.4 Å². The van der Waals surface area contributed by atoms with E-state index in [1.54, 1.807) is 12.1 Å². The third kappa shape index (κ3) is 4.12. The van der Waals surface area contributed by atoms with Gasteiger partial charge in [0.25, 0.3) is 5.91 Å². The van der Waals surface area contributed by atoms with Crippen LogP contribution in [0.2, 0.25) is 0 Å². The number of amides is 1. The van der Waals surface area contributed by atoms with E-state index >= 15 is 0 Å². The normalized spacial score (nSPS) is 17.4. The molecule has 1 amide bonds. The minimum absolute atomic E-state index is 0.00606. The highest BCUT2D eigenvalue weighted by Crippen LogP contribution is 2.22. The molecule has 0 radical (unpaired) electrons. The molecule has 6 heteroatoms. The zero-order chi connectivity index (χ0) is 19.3. The topological polar surface area (TPSA) is 58.4 Å². The molecule has 3 aromatic rings. The smallest absolute Gasteiger partial charge is 0.257 e. The van der Waals surface area contributed by atoms with Crippen molar-refractivity contribution in [3.63, 3.8) is 0 Å². The maximum atomic E-state index is 13.9. The van der Waals surface area contributed by atoms with Gasteiger partial charge in [0.15, 0.2) is 0 Å². The lowest BCUT2D eigenvalue weighted by molar-refractivity contribution is 0.0900. The second-order valence-electron chi connectivity index (χ2n) is 7.08. The van der Waals surface area contributed by atoms with E-state index in [9.17, 15) is 9.18 Å². The van der Waals surface area contributed by atoms with Crippen LogP contribution in [0.25, 0.3) is 11.3 Å². The van der Waals surface area contributed by atoms with Crippen molar-refractivity contribution in [2.24, 2.45) is 0 Å². The molecule has 144 valence electrons.